The molecule has 4 bridgehead atoms. The Morgan fingerprint density at radius 2 is 1.31 bits per heavy atom. The maximum atomic E-state index is 12.2. The Kier molecular flexibility index (Phi) is 4.97. The number of carbonyl (C=O) groups is 1. The Morgan fingerprint density at radius 1 is 0.769 bits per heavy atom. The van der Waals surface area contributed by atoms with Gasteiger partial charge in [-0.15, -0.1) is 0 Å². The minimum Gasteiger partial charge on any atom is -0.507 e. The minimum absolute atomic E-state index is 0.0904. The third-order valence-corrected chi connectivity index (χ3v) is 4.63. The fourth-order valence-corrected chi connectivity index (χ4v) is 3.11. The molecule has 0 fully saturated rings. The average Bonchev–Trinajstić information content (AvgIpc) is 2.62. The molecule has 0 aromatic heterocycles. The predicted octanol–water partition coefficient (Wildman–Crippen LogP) is -0.124. The van der Waals surface area contributed by atoms with E-state index in [2.05, 4.69) is 0 Å². The summed E-state index contributed by atoms with van der Waals surface area (Å²) in [4.78, 5) is 12.2. The summed E-state index contributed by atoms with van der Waals surface area (Å²) in [6.45, 7) is 0. The molecule has 138 valence electrons. The molecular formula is C19H20O7. The molecule has 0 heterocycles. The summed E-state index contributed by atoms with van der Waals surface area (Å²) in [6.07, 6.45) is -7.23. The standard InChI is InChI=1S/C19H20O7/c20-13-3-1-9-5-11(13)12-6-10(2-4-14(12)21)8-16(23)18(25)19(26)17(24)15(22)7-9/h1-6,15,17-22,24-26H,7-8H2/t15-,17-,18?,19-/m1/s1. The van der Waals surface area contributed by atoms with Gasteiger partial charge in [-0.3, -0.25) is 4.79 Å². The monoisotopic (exact) mass is 360 g/mol. The number of rotatable bonds is 0. The molecule has 4 atom stereocenters. The highest BCUT2D eigenvalue weighted by Gasteiger charge is 2.34. The minimum atomic E-state index is -1.87. The molecule has 7 nitrogen and oxygen atoms in total. The van der Waals surface area contributed by atoms with Gasteiger partial charge in [-0.05, 0) is 35.4 Å². The average molecular weight is 360 g/mol. The molecule has 2 aromatic rings. The smallest absolute Gasteiger partial charge is 0.168 e. The molecule has 7 heteroatoms. The second-order valence-corrected chi connectivity index (χ2v) is 6.54. The van der Waals surface area contributed by atoms with Gasteiger partial charge < -0.3 is 30.6 Å². The summed E-state index contributed by atoms with van der Waals surface area (Å²) >= 11 is 0. The van der Waals surface area contributed by atoms with Gasteiger partial charge in [0, 0.05) is 24.0 Å². The van der Waals surface area contributed by atoms with Crippen molar-refractivity contribution >= 4 is 5.78 Å². The number of Topliss-reactive ketones (excluding diaryl/α,β-unsaturated/α-hetero) is 1. The molecule has 0 saturated heterocycles. The van der Waals surface area contributed by atoms with Gasteiger partial charge in [0.25, 0.3) is 0 Å². The first-order chi connectivity index (χ1) is 12.3. The Hall–Kier alpha value is -2.45. The number of aliphatic hydroxyl groups excluding tert-OH is 4. The van der Waals surface area contributed by atoms with Gasteiger partial charge in [0.15, 0.2) is 5.78 Å². The van der Waals surface area contributed by atoms with E-state index in [1.165, 1.54) is 30.3 Å². The van der Waals surface area contributed by atoms with Crippen molar-refractivity contribution in [2.24, 2.45) is 0 Å². The van der Waals surface area contributed by atoms with E-state index in [4.69, 9.17) is 0 Å². The summed E-state index contributed by atoms with van der Waals surface area (Å²) in [6, 6.07) is 8.84. The van der Waals surface area contributed by atoms with Gasteiger partial charge in [0.05, 0.1) is 6.10 Å². The topological polar surface area (TPSA) is 138 Å². The molecule has 1 aliphatic rings. The number of hydrogen-bond acceptors (Lipinski definition) is 7. The van der Waals surface area contributed by atoms with Crippen molar-refractivity contribution in [1.82, 2.24) is 0 Å². The maximum Gasteiger partial charge on any atom is 0.168 e. The summed E-state index contributed by atoms with van der Waals surface area (Å²) in [5, 5.41) is 60.5. The van der Waals surface area contributed by atoms with Crippen LogP contribution in [-0.2, 0) is 17.6 Å². The van der Waals surface area contributed by atoms with Gasteiger partial charge in [-0.1, -0.05) is 12.1 Å². The molecule has 0 radical (unpaired) electrons. The molecule has 0 saturated carbocycles. The summed E-state index contributed by atoms with van der Waals surface area (Å²) in [5.74, 6) is -0.947. The van der Waals surface area contributed by atoms with Crippen LogP contribution in [0.5, 0.6) is 11.5 Å². The second kappa shape index (κ2) is 7.05. The van der Waals surface area contributed by atoms with Crippen molar-refractivity contribution < 1.29 is 35.4 Å². The van der Waals surface area contributed by atoms with E-state index in [-0.39, 0.29) is 24.3 Å². The number of benzene rings is 2. The lowest BCUT2D eigenvalue weighted by atomic mass is 9.94. The molecule has 0 amide bonds. The van der Waals surface area contributed by atoms with E-state index in [1.54, 1.807) is 6.07 Å². The highest BCUT2D eigenvalue weighted by Crippen LogP contribution is 2.37. The summed E-state index contributed by atoms with van der Waals surface area (Å²) in [5.41, 5.74) is 1.57. The normalized spacial score (nSPS) is 26.5. The SMILES string of the molecule is O=C1Cc2ccc(O)c(c2)-c2cc(ccc2O)C[C@@H](O)[C@@H](O)[C@@H](O)C1O. The first kappa shape index (κ1) is 18.3. The zero-order valence-corrected chi connectivity index (χ0v) is 13.8. The first-order valence-electron chi connectivity index (χ1n) is 8.17. The highest BCUT2D eigenvalue weighted by atomic mass is 16.4. The van der Waals surface area contributed by atoms with Gasteiger partial charge in [-0.25, -0.2) is 0 Å². The number of phenols is 2. The third-order valence-electron chi connectivity index (χ3n) is 4.63. The molecule has 1 unspecified atom stereocenters. The van der Waals surface area contributed by atoms with Crippen LogP contribution in [0.25, 0.3) is 11.1 Å². The van der Waals surface area contributed by atoms with E-state index in [1.807, 2.05) is 0 Å². The number of phenolic OH excluding ortho intramolecular Hbond substituents is 2. The summed E-state index contributed by atoms with van der Waals surface area (Å²) < 4.78 is 0. The van der Waals surface area contributed by atoms with E-state index >= 15 is 0 Å². The van der Waals surface area contributed by atoms with Crippen molar-refractivity contribution in [2.45, 2.75) is 37.3 Å². The number of aromatic hydroxyl groups is 2. The third kappa shape index (κ3) is 3.42. The lowest BCUT2D eigenvalue weighted by molar-refractivity contribution is -0.144. The number of hydrogen-bond donors (Lipinski definition) is 6. The van der Waals surface area contributed by atoms with Crippen molar-refractivity contribution in [3.8, 4) is 22.6 Å². The largest absolute Gasteiger partial charge is 0.507 e. The fraction of sp³-hybridized carbons (Fsp3) is 0.316. The van der Waals surface area contributed by atoms with E-state index in [9.17, 15) is 35.4 Å². The molecule has 1 aliphatic carbocycles. The van der Waals surface area contributed by atoms with Crippen molar-refractivity contribution in [2.75, 3.05) is 0 Å². The maximum absolute atomic E-state index is 12.2. The molecule has 6 N–H and O–H groups in total. The van der Waals surface area contributed by atoms with Crippen LogP contribution < -0.4 is 0 Å². The second-order valence-electron chi connectivity index (χ2n) is 6.54. The van der Waals surface area contributed by atoms with Gasteiger partial charge >= 0.3 is 0 Å². The Bertz CT molecular complexity index is 833. The number of carbonyl (C=O) groups excluding carboxylic acids is 1. The Labute approximate surface area is 149 Å². The van der Waals surface area contributed by atoms with Crippen LogP contribution in [-0.4, -0.2) is 60.8 Å². The van der Waals surface area contributed by atoms with Crippen molar-refractivity contribution in [3.05, 3.63) is 47.5 Å². The van der Waals surface area contributed by atoms with E-state index in [0.29, 0.717) is 22.3 Å². The van der Waals surface area contributed by atoms with Crippen LogP contribution in [0.3, 0.4) is 0 Å². The lowest BCUT2D eigenvalue weighted by Crippen LogP contribution is -2.48. The number of aliphatic hydroxyl groups is 4. The zero-order chi connectivity index (χ0) is 19.0. The quantitative estimate of drug-likeness (QED) is 0.385. The molecule has 2 aromatic carbocycles. The molecule has 0 aliphatic heterocycles. The first-order valence-corrected chi connectivity index (χ1v) is 8.17. The van der Waals surface area contributed by atoms with Crippen LogP contribution in [0.4, 0.5) is 0 Å². The van der Waals surface area contributed by atoms with Crippen LogP contribution in [0.15, 0.2) is 36.4 Å². The van der Waals surface area contributed by atoms with Crippen LogP contribution in [0.2, 0.25) is 0 Å². The highest BCUT2D eigenvalue weighted by molar-refractivity contribution is 5.86. The van der Waals surface area contributed by atoms with E-state index in [0.717, 1.165) is 0 Å². The van der Waals surface area contributed by atoms with Gasteiger partial charge in [0.2, 0.25) is 0 Å². The summed E-state index contributed by atoms with van der Waals surface area (Å²) in [7, 11) is 0. The van der Waals surface area contributed by atoms with Crippen molar-refractivity contribution in [3.63, 3.8) is 0 Å². The Morgan fingerprint density at radius 3 is 1.92 bits per heavy atom. The predicted molar refractivity (Wildman–Crippen MR) is 91.6 cm³/mol. The Balaban J connectivity index is 2.16. The van der Waals surface area contributed by atoms with Gasteiger partial charge in [-0.2, -0.15) is 0 Å². The van der Waals surface area contributed by atoms with Crippen LogP contribution >= 0.6 is 0 Å². The van der Waals surface area contributed by atoms with Crippen molar-refractivity contribution in [1.29, 1.82) is 0 Å². The molecule has 26 heavy (non-hydrogen) atoms. The fourth-order valence-electron chi connectivity index (χ4n) is 3.11. The van der Waals surface area contributed by atoms with Gasteiger partial charge in [0.1, 0.15) is 29.8 Å². The molecule has 3 rings (SSSR count). The molecule has 0 spiro atoms. The lowest BCUT2D eigenvalue weighted by Gasteiger charge is -2.26. The zero-order valence-electron chi connectivity index (χ0n) is 13.8. The van der Waals surface area contributed by atoms with Crippen LogP contribution in [0.1, 0.15) is 11.1 Å². The number of ketones is 1. The molecular weight excluding hydrogens is 340 g/mol. The number of fused-ring (bicyclic) bond motifs is 5. The van der Waals surface area contributed by atoms with E-state index < -0.39 is 30.2 Å². The van der Waals surface area contributed by atoms with Crippen LogP contribution in [0, 0.1) is 0 Å².